The second kappa shape index (κ2) is 6.83. The van der Waals surface area contributed by atoms with Crippen LogP contribution in [0.5, 0.6) is 0 Å². The topological polar surface area (TPSA) is 68.2 Å². The van der Waals surface area contributed by atoms with Gasteiger partial charge in [0.05, 0.1) is 6.54 Å². The van der Waals surface area contributed by atoms with Crippen LogP contribution in [0.15, 0.2) is 34.7 Å². The van der Waals surface area contributed by atoms with Gasteiger partial charge in [0.15, 0.2) is 0 Å². The lowest BCUT2D eigenvalue weighted by atomic mass is 9.95. The highest BCUT2D eigenvalue weighted by atomic mass is 16.4. The molecule has 5 heteroatoms. The van der Waals surface area contributed by atoms with Crippen LogP contribution in [0.3, 0.4) is 0 Å². The van der Waals surface area contributed by atoms with E-state index in [1.165, 1.54) is 12.8 Å². The van der Waals surface area contributed by atoms with Crippen LogP contribution in [0, 0.1) is 5.92 Å². The number of hydrogen-bond donors (Lipinski definition) is 1. The summed E-state index contributed by atoms with van der Waals surface area (Å²) >= 11 is 0. The maximum Gasteiger partial charge on any atom is 0.247 e. The van der Waals surface area contributed by atoms with Gasteiger partial charge in [0.2, 0.25) is 11.8 Å². The van der Waals surface area contributed by atoms with Crippen molar-refractivity contribution in [1.29, 1.82) is 0 Å². The van der Waals surface area contributed by atoms with Gasteiger partial charge < -0.3 is 10.2 Å². The molecule has 1 saturated heterocycles. The molecular weight excluding hydrogens is 264 g/mol. The molecule has 1 fully saturated rings. The second-order valence-corrected chi connectivity index (χ2v) is 5.69. The molecule has 1 aliphatic heterocycles. The van der Waals surface area contributed by atoms with E-state index in [9.17, 15) is 0 Å². The Labute approximate surface area is 125 Å². The lowest BCUT2D eigenvalue weighted by molar-refractivity contribution is 0.151. The number of nitrogens with two attached hydrogens (primary N) is 1. The Morgan fingerprint density at radius 3 is 2.90 bits per heavy atom. The van der Waals surface area contributed by atoms with Gasteiger partial charge in [0, 0.05) is 12.1 Å². The number of rotatable bonds is 5. The van der Waals surface area contributed by atoms with Crippen molar-refractivity contribution < 1.29 is 4.42 Å². The first-order valence-electron chi connectivity index (χ1n) is 7.65. The largest absolute Gasteiger partial charge is 0.419 e. The van der Waals surface area contributed by atoms with E-state index in [0.717, 1.165) is 38.2 Å². The molecule has 5 nitrogen and oxygen atoms in total. The van der Waals surface area contributed by atoms with Crippen molar-refractivity contribution in [3.05, 3.63) is 36.2 Å². The van der Waals surface area contributed by atoms with Gasteiger partial charge in [-0.05, 0) is 50.4 Å². The zero-order chi connectivity index (χ0) is 14.5. The molecule has 1 aromatic heterocycles. The Kier molecular flexibility index (Phi) is 4.62. The van der Waals surface area contributed by atoms with E-state index in [1.807, 2.05) is 30.3 Å². The highest BCUT2D eigenvalue weighted by Gasteiger charge is 2.21. The third kappa shape index (κ3) is 3.68. The van der Waals surface area contributed by atoms with Crippen LogP contribution < -0.4 is 5.73 Å². The summed E-state index contributed by atoms with van der Waals surface area (Å²) in [7, 11) is 0. The normalized spacial score (nSPS) is 19.8. The fourth-order valence-corrected chi connectivity index (χ4v) is 2.97. The van der Waals surface area contributed by atoms with Gasteiger partial charge in [0.1, 0.15) is 0 Å². The summed E-state index contributed by atoms with van der Waals surface area (Å²) in [5, 5.41) is 8.32. The maximum absolute atomic E-state index is 5.78. The predicted octanol–water partition coefficient (Wildman–Crippen LogP) is 2.30. The summed E-state index contributed by atoms with van der Waals surface area (Å²) in [5.74, 6) is 2.00. The van der Waals surface area contributed by atoms with Gasteiger partial charge in [-0.1, -0.05) is 18.2 Å². The number of benzene rings is 1. The predicted molar refractivity (Wildman–Crippen MR) is 81.4 cm³/mol. The molecule has 0 saturated carbocycles. The molecule has 1 atom stereocenters. The Morgan fingerprint density at radius 2 is 2.10 bits per heavy atom. The van der Waals surface area contributed by atoms with Crippen molar-refractivity contribution >= 4 is 0 Å². The maximum atomic E-state index is 5.78. The average Bonchev–Trinajstić information content (AvgIpc) is 2.97. The molecule has 0 bridgehead atoms. The summed E-state index contributed by atoms with van der Waals surface area (Å²) in [6.07, 6.45) is 3.62. The van der Waals surface area contributed by atoms with Gasteiger partial charge >= 0.3 is 0 Å². The molecule has 2 heterocycles. The number of aromatic nitrogens is 2. The molecule has 1 unspecified atom stereocenters. The van der Waals surface area contributed by atoms with E-state index >= 15 is 0 Å². The van der Waals surface area contributed by atoms with E-state index in [-0.39, 0.29) is 0 Å². The third-order valence-corrected chi connectivity index (χ3v) is 4.02. The zero-order valence-corrected chi connectivity index (χ0v) is 12.2. The van der Waals surface area contributed by atoms with Crippen LogP contribution in [0.1, 0.15) is 25.2 Å². The smallest absolute Gasteiger partial charge is 0.247 e. The van der Waals surface area contributed by atoms with Crippen LogP contribution in [-0.4, -0.2) is 34.7 Å². The van der Waals surface area contributed by atoms with Gasteiger partial charge in [-0.15, -0.1) is 10.2 Å². The van der Waals surface area contributed by atoms with E-state index in [0.29, 0.717) is 17.7 Å². The minimum Gasteiger partial charge on any atom is -0.419 e. The van der Waals surface area contributed by atoms with E-state index < -0.39 is 0 Å². The summed E-state index contributed by atoms with van der Waals surface area (Å²) < 4.78 is 5.78. The molecule has 0 radical (unpaired) electrons. The van der Waals surface area contributed by atoms with Crippen LogP contribution in [0.2, 0.25) is 0 Å². The minimum atomic E-state index is 0.598. The Morgan fingerprint density at radius 1 is 1.24 bits per heavy atom. The van der Waals surface area contributed by atoms with Crippen LogP contribution in [0.4, 0.5) is 0 Å². The van der Waals surface area contributed by atoms with Crippen LogP contribution in [-0.2, 0) is 6.54 Å². The Hall–Kier alpha value is -1.72. The number of nitrogens with zero attached hydrogens (tertiary/aromatic N) is 3. The van der Waals surface area contributed by atoms with Crippen molar-refractivity contribution in [2.24, 2.45) is 11.7 Å². The van der Waals surface area contributed by atoms with Crippen LogP contribution >= 0.6 is 0 Å². The molecule has 1 aliphatic rings. The van der Waals surface area contributed by atoms with Crippen LogP contribution in [0.25, 0.3) is 11.5 Å². The quantitative estimate of drug-likeness (QED) is 0.913. The molecule has 3 rings (SSSR count). The lowest BCUT2D eigenvalue weighted by Crippen LogP contribution is -2.35. The highest BCUT2D eigenvalue weighted by Crippen LogP contribution is 2.22. The zero-order valence-electron chi connectivity index (χ0n) is 12.2. The standard InChI is InChI=1S/C16H22N4O/c17-9-8-13-5-4-10-20(11-13)12-15-18-19-16(21-15)14-6-2-1-3-7-14/h1-3,6-7,13H,4-5,8-12,17H2. The molecule has 1 aromatic carbocycles. The first kappa shape index (κ1) is 14.2. The highest BCUT2D eigenvalue weighted by molar-refractivity contribution is 5.51. The lowest BCUT2D eigenvalue weighted by Gasteiger charge is -2.31. The molecule has 112 valence electrons. The SMILES string of the molecule is NCCC1CCCN(Cc2nnc(-c3ccccc3)o2)C1. The number of piperidine rings is 1. The van der Waals surface area contributed by atoms with Gasteiger partial charge in [0.25, 0.3) is 0 Å². The summed E-state index contributed by atoms with van der Waals surface area (Å²) in [5.41, 5.74) is 6.63. The number of hydrogen-bond acceptors (Lipinski definition) is 5. The average molecular weight is 286 g/mol. The van der Waals surface area contributed by atoms with Gasteiger partial charge in [-0.25, -0.2) is 0 Å². The van der Waals surface area contributed by atoms with E-state index in [1.54, 1.807) is 0 Å². The van der Waals surface area contributed by atoms with Crippen molar-refractivity contribution in [2.75, 3.05) is 19.6 Å². The third-order valence-electron chi connectivity index (χ3n) is 4.02. The number of likely N-dealkylation sites (tertiary alicyclic amines) is 1. The van der Waals surface area contributed by atoms with Crippen molar-refractivity contribution in [3.8, 4) is 11.5 Å². The second-order valence-electron chi connectivity index (χ2n) is 5.69. The first-order chi connectivity index (χ1) is 10.3. The molecule has 2 N–H and O–H groups in total. The minimum absolute atomic E-state index is 0.598. The Balaban J connectivity index is 1.62. The molecule has 0 amide bonds. The Bertz CT molecular complexity index is 552. The molecule has 0 spiro atoms. The monoisotopic (exact) mass is 286 g/mol. The summed E-state index contributed by atoms with van der Waals surface area (Å²) in [4.78, 5) is 2.39. The molecule has 2 aromatic rings. The van der Waals surface area contributed by atoms with Gasteiger partial charge in [-0.2, -0.15) is 0 Å². The molecular formula is C16H22N4O. The van der Waals surface area contributed by atoms with Crippen molar-refractivity contribution in [1.82, 2.24) is 15.1 Å². The molecule has 21 heavy (non-hydrogen) atoms. The fourth-order valence-electron chi connectivity index (χ4n) is 2.97. The van der Waals surface area contributed by atoms with Crippen molar-refractivity contribution in [2.45, 2.75) is 25.8 Å². The summed E-state index contributed by atoms with van der Waals surface area (Å²) in [6.45, 7) is 3.70. The first-order valence-corrected chi connectivity index (χ1v) is 7.65. The van der Waals surface area contributed by atoms with E-state index in [4.69, 9.17) is 10.2 Å². The molecule has 0 aliphatic carbocycles. The van der Waals surface area contributed by atoms with Crippen molar-refractivity contribution in [3.63, 3.8) is 0 Å². The summed E-state index contributed by atoms with van der Waals surface area (Å²) in [6, 6.07) is 9.89. The van der Waals surface area contributed by atoms with E-state index in [2.05, 4.69) is 15.1 Å². The fraction of sp³-hybridized carbons (Fsp3) is 0.500. The van der Waals surface area contributed by atoms with Gasteiger partial charge in [-0.3, -0.25) is 4.90 Å².